The highest BCUT2D eigenvalue weighted by Gasteiger charge is 2.13. The predicted octanol–water partition coefficient (Wildman–Crippen LogP) is 2.50. The van der Waals surface area contributed by atoms with Gasteiger partial charge in [0, 0.05) is 6.07 Å². The zero-order chi connectivity index (χ0) is 13.7. The van der Waals surface area contributed by atoms with Gasteiger partial charge in [-0.1, -0.05) is 28.7 Å². The maximum Gasteiger partial charge on any atom is 0.292 e. The highest BCUT2D eigenvalue weighted by Crippen LogP contribution is 2.24. The van der Waals surface area contributed by atoms with Crippen LogP contribution in [0.25, 0.3) is 0 Å². The highest BCUT2D eigenvalue weighted by molar-refractivity contribution is 7.90. The average molecular weight is 275 g/mol. The first kappa shape index (κ1) is 13.0. The van der Waals surface area contributed by atoms with Crippen molar-refractivity contribution in [1.29, 1.82) is 0 Å². The number of hydrogen-bond donors (Lipinski definition) is 0. The smallest absolute Gasteiger partial charge is 0.292 e. The van der Waals surface area contributed by atoms with Crippen LogP contribution in [-0.4, -0.2) is 14.5 Å². The van der Waals surface area contributed by atoms with Crippen molar-refractivity contribution in [3.05, 3.63) is 54.6 Å². The van der Waals surface area contributed by atoms with Crippen molar-refractivity contribution in [3.8, 4) is 11.5 Å². The molecular formula is C13H9NO4S. The van der Waals surface area contributed by atoms with Crippen LogP contribution in [0.2, 0.25) is 0 Å². The van der Waals surface area contributed by atoms with Crippen LogP contribution in [0, 0.1) is 0 Å². The Balaban J connectivity index is 2.33. The minimum Gasteiger partial charge on any atom is -0.457 e. The first-order valence-electron chi connectivity index (χ1n) is 5.29. The van der Waals surface area contributed by atoms with Crippen LogP contribution in [0.5, 0.6) is 11.5 Å². The molecule has 0 unspecified atom stereocenters. The lowest BCUT2D eigenvalue weighted by Gasteiger charge is -2.06. The topological polar surface area (TPSA) is 72.8 Å². The molecule has 5 nitrogen and oxygen atoms in total. The molecule has 0 saturated heterocycles. The summed E-state index contributed by atoms with van der Waals surface area (Å²) >= 11 is 0. The SMILES string of the molecule is O=C=NS(=O)(=O)c1cccc(Oc2ccccc2)c1. The van der Waals surface area contributed by atoms with Gasteiger partial charge in [0.05, 0.1) is 4.90 Å². The summed E-state index contributed by atoms with van der Waals surface area (Å²) in [5, 5.41) is 0. The summed E-state index contributed by atoms with van der Waals surface area (Å²) in [6.07, 6.45) is 1.02. The van der Waals surface area contributed by atoms with Gasteiger partial charge in [0.25, 0.3) is 16.1 Å². The van der Waals surface area contributed by atoms with Gasteiger partial charge < -0.3 is 4.74 Å². The maximum atomic E-state index is 11.6. The van der Waals surface area contributed by atoms with Gasteiger partial charge in [0.2, 0.25) is 0 Å². The minimum absolute atomic E-state index is 0.121. The number of rotatable bonds is 4. The molecule has 2 aromatic rings. The van der Waals surface area contributed by atoms with E-state index in [1.165, 1.54) is 18.2 Å². The Morgan fingerprint density at radius 2 is 1.63 bits per heavy atom. The van der Waals surface area contributed by atoms with E-state index >= 15 is 0 Å². The molecule has 2 rings (SSSR count). The molecule has 0 aromatic heterocycles. The van der Waals surface area contributed by atoms with E-state index in [-0.39, 0.29) is 4.90 Å². The molecule has 0 atom stereocenters. The Morgan fingerprint density at radius 1 is 0.947 bits per heavy atom. The first-order valence-corrected chi connectivity index (χ1v) is 6.73. The van der Waals surface area contributed by atoms with E-state index in [1.54, 1.807) is 30.3 Å². The second-order valence-corrected chi connectivity index (χ2v) is 5.15. The van der Waals surface area contributed by atoms with Crippen molar-refractivity contribution < 1.29 is 17.9 Å². The molecule has 19 heavy (non-hydrogen) atoms. The molecule has 0 aliphatic heterocycles. The molecule has 0 saturated carbocycles. The monoisotopic (exact) mass is 275 g/mol. The molecule has 96 valence electrons. The number of carbonyl (C=O) groups excluding carboxylic acids is 1. The first-order chi connectivity index (χ1) is 9.12. The third-order valence-corrected chi connectivity index (χ3v) is 3.40. The molecule has 2 aromatic carbocycles. The lowest BCUT2D eigenvalue weighted by atomic mass is 10.3. The van der Waals surface area contributed by atoms with Gasteiger partial charge in [-0.05, 0) is 24.3 Å². The van der Waals surface area contributed by atoms with Crippen LogP contribution in [-0.2, 0) is 14.8 Å². The van der Waals surface area contributed by atoms with Crippen molar-refractivity contribution >= 4 is 16.1 Å². The maximum absolute atomic E-state index is 11.6. The van der Waals surface area contributed by atoms with Crippen molar-refractivity contribution in [3.63, 3.8) is 0 Å². The van der Waals surface area contributed by atoms with Crippen LogP contribution >= 0.6 is 0 Å². The largest absolute Gasteiger partial charge is 0.457 e. The third kappa shape index (κ3) is 3.28. The number of para-hydroxylation sites is 1. The fourth-order valence-electron chi connectivity index (χ4n) is 1.42. The zero-order valence-electron chi connectivity index (χ0n) is 9.68. The van der Waals surface area contributed by atoms with E-state index in [2.05, 4.69) is 4.40 Å². The highest BCUT2D eigenvalue weighted by atomic mass is 32.2. The standard InChI is InChI=1S/C13H9NO4S/c15-10-14-19(16,17)13-8-4-7-12(9-13)18-11-5-2-1-3-6-11/h1-9H. The van der Waals surface area contributed by atoms with E-state index in [4.69, 9.17) is 4.74 Å². The number of sulfonamides is 1. The predicted molar refractivity (Wildman–Crippen MR) is 68.3 cm³/mol. The summed E-state index contributed by atoms with van der Waals surface area (Å²) in [7, 11) is -4.00. The van der Waals surface area contributed by atoms with Crippen LogP contribution in [0.15, 0.2) is 63.9 Å². The van der Waals surface area contributed by atoms with Gasteiger partial charge in [0.15, 0.2) is 0 Å². The number of isocyanates is 1. The van der Waals surface area contributed by atoms with Gasteiger partial charge in [-0.15, -0.1) is 0 Å². The van der Waals surface area contributed by atoms with Crippen LogP contribution in [0.1, 0.15) is 0 Å². The van der Waals surface area contributed by atoms with E-state index < -0.39 is 10.0 Å². The molecule has 0 heterocycles. The van der Waals surface area contributed by atoms with Crippen LogP contribution < -0.4 is 4.74 Å². The number of nitrogens with zero attached hydrogens (tertiary/aromatic N) is 1. The van der Waals surface area contributed by atoms with E-state index in [9.17, 15) is 13.2 Å². The van der Waals surface area contributed by atoms with E-state index in [1.807, 2.05) is 6.07 Å². The summed E-state index contributed by atoms with van der Waals surface area (Å²) in [6.45, 7) is 0. The number of benzene rings is 2. The van der Waals surface area contributed by atoms with Gasteiger partial charge in [-0.25, -0.2) is 4.79 Å². The number of hydrogen-bond acceptors (Lipinski definition) is 4. The molecule has 0 aliphatic rings. The third-order valence-electron chi connectivity index (χ3n) is 2.24. The summed E-state index contributed by atoms with van der Waals surface area (Å²) in [4.78, 5) is 9.95. The van der Waals surface area contributed by atoms with Crippen LogP contribution in [0.4, 0.5) is 0 Å². The molecule has 0 spiro atoms. The second kappa shape index (κ2) is 5.48. The van der Waals surface area contributed by atoms with Crippen molar-refractivity contribution in [2.24, 2.45) is 4.40 Å². The summed E-state index contributed by atoms with van der Waals surface area (Å²) in [5.41, 5.74) is 0. The fourth-order valence-corrected chi connectivity index (χ4v) is 2.14. The molecule has 0 aliphatic carbocycles. The van der Waals surface area contributed by atoms with Gasteiger partial charge >= 0.3 is 0 Å². The van der Waals surface area contributed by atoms with E-state index in [0.717, 1.165) is 6.08 Å². The Bertz CT molecular complexity index is 719. The molecule has 6 heteroatoms. The summed E-state index contributed by atoms with van der Waals surface area (Å²) < 4.78 is 31.4. The lowest BCUT2D eigenvalue weighted by molar-refractivity contribution is 0.480. The van der Waals surface area contributed by atoms with Gasteiger partial charge in [-0.3, -0.25) is 0 Å². The van der Waals surface area contributed by atoms with Gasteiger partial charge in [-0.2, -0.15) is 8.42 Å². The summed E-state index contributed by atoms with van der Waals surface area (Å²) in [6, 6.07) is 14.7. The molecule has 0 amide bonds. The second-order valence-electron chi connectivity index (χ2n) is 3.55. The van der Waals surface area contributed by atoms with Crippen molar-refractivity contribution in [2.45, 2.75) is 4.90 Å². The van der Waals surface area contributed by atoms with Crippen molar-refractivity contribution in [1.82, 2.24) is 0 Å². The van der Waals surface area contributed by atoms with Crippen molar-refractivity contribution in [2.75, 3.05) is 0 Å². The zero-order valence-corrected chi connectivity index (χ0v) is 10.5. The molecule has 0 fully saturated rings. The molecule has 0 bridgehead atoms. The fraction of sp³-hybridized carbons (Fsp3) is 0. The van der Waals surface area contributed by atoms with Gasteiger partial charge in [0.1, 0.15) is 11.5 Å². The minimum atomic E-state index is -4.00. The Kier molecular flexibility index (Phi) is 3.75. The lowest BCUT2D eigenvalue weighted by Crippen LogP contribution is -1.96. The molecule has 0 N–H and O–H groups in total. The molecule has 0 radical (unpaired) electrons. The Morgan fingerprint density at radius 3 is 2.32 bits per heavy atom. The quantitative estimate of drug-likeness (QED) is 0.634. The van der Waals surface area contributed by atoms with Crippen LogP contribution in [0.3, 0.4) is 0 Å². The normalized spacial score (nSPS) is 10.5. The number of ether oxygens (including phenoxy) is 1. The Labute approximate surface area is 110 Å². The molecular weight excluding hydrogens is 266 g/mol. The summed E-state index contributed by atoms with van der Waals surface area (Å²) in [5.74, 6) is 0.921. The Hall–Kier alpha value is -2.43. The average Bonchev–Trinajstić information content (AvgIpc) is 2.40. The van der Waals surface area contributed by atoms with E-state index in [0.29, 0.717) is 11.5 Å².